The average molecular weight is 375 g/mol. The summed E-state index contributed by atoms with van der Waals surface area (Å²) >= 11 is 0. The van der Waals surface area contributed by atoms with Crippen molar-refractivity contribution >= 4 is 0 Å². The lowest BCUT2D eigenvalue weighted by Crippen LogP contribution is -2.33. The molecule has 0 amide bonds. The molecule has 0 fully saturated rings. The molecule has 0 aliphatic heterocycles. The molecule has 0 aromatic carbocycles. The number of hydrogen-bond donors (Lipinski definition) is 0. The smallest absolute Gasteiger partial charge is 0.171 e. The van der Waals surface area contributed by atoms with Gasteiger partial charge >= 0.3 is 0 Å². The summed E-state index contributed by atoms with van der Waals surface area (Å²) in [5.74, 6) is 0. The van der Waals surface area contributed by atoms with E-state index in [1.807, 2.05) is 0 Å². The Morgan fingerprint density at radius 3 is 1.63 bits per heavy atom. The normalized spacial score (nSPS) is 11.2. The van der Waals surface area contributed by atoms with Crippen molar-refractivity contribution in [3.05, 3.63) is 30.1 Å². The largest absolute Gasteiger partial charge is 0.205 e. The number of unbranched alkanes of at least 4 members (excludes halogenated alkanes) is 15. The van der Waals surface area contributed by atoms with E-state index in [1.54, 1.807) is 0 Å². The average Bonchev–Trinajstić information content (AvgIpc) is 2.69. The Kier molecular flexibility index (Phi) is 16.6. The van der Waals surface area contributed by atoms with Crippen LogP contribution < -0.4 is 4.57 Å². The molecule has 0 aliphatic rings. The van der Waals surface area contributed by atoms with Gasteiger partial charge < -0.3 is 0 Å². The Balaban J connectivity index is 1.89. The zero-order valence-corrected chi connectivity index (χ0v) is 18.7. The van der Waals surface area contributed by atoms with Crippen LogP contribution in [0.5, 0.6) is 0 Å². The maximum atomic E-state index is 2.40. The van der Waals surface area contributed by atoms with Gasteiger partial charge in [0.1, 0.15) is 6.54 Å². The molecule has 0 saturated carbocycles. The van der Waals surface area contributed by atoms with Gasteiger partial charge in [-0.25, -0.2) is 4.57 Å². The molecule has 1 rings (SSSR count). The van der Waals surface area contributed by atoms with Crippen molar-refractivity contribution in [1.29, 1.82) is 0 Å². The van der Waals surface area contributed by atoms with Gasteiger partial charge in [0, 0.05) is 18.1 Å². The van der Waals surface area contributed by atoms with Crippen LogP contribution in [-0.2, 0) is 13.0 Å². The number of aryl methyl sites for hydroxylation is 2. The Morgan fingerprint density at radius 1 is 0.593 bits per heavy atom. The second-order valence-corrected chi connectivity index (χ2v) is 8.50. The van der Waals surface area contributed by atoms with Crippen LogP contribution in [0.3, 0.4) is 0 Å². The van der Waals surface area contributed by atoms with Gasteiger partial charge in [0.25, 0.3) is 0 Å². The van der Waals surface area contributed by atoms with E-state index in [4.69, 9.17) is 0 Å². The van der Waals surface area contributed by atoms with E-state index in [0.717, 1.165) is 0 Å². The van der Waals surface area contributed by atoms with E-state index >= 15 is 0 Å². The lowest BCUT2D eigenvalue weighted by molar-refractivity contribution is -0.697. The van der Waals surface area contributed by atoms with Crippen molar-refractivity contribution in [2.45, 2.75) is 136 Å². The molecular formula is C26H48N+. The zero-order chi connectivity index (χ0) is 19.4. The highest BCUT2D eigenvalue weighted by molar-refractivity contribution is 5.05. The summed E-state index contributed by atoms with van der Waals surface area (Å²) < 4.78 is 2.40. The van der Waals surface area contributed by atoms with E-state index in [2.05, 4.69) is 42.9 Å². The number of hydrogen-bond acceptors (Lipinski definition) is 0. The summed E-state index contributed by atoms with van der Waals surface area (Å²) in [6.45, 7) is 5.77. The molecule has 0 radical (unpaired) electrons. The maximum absolute atomic E-state index is 2.40. The minimum absolute atomic E-state index is 1.19. The monoisotopic (exact) mass is 374 g/mol. The predicted molar refractivity (Wildman–Crippen MR) is 120 cm³/mol. The molecule has 0 spiro atoms. The van der Waals surface area contributed by atoms with Crippen molar-refractivity contribution in [3.63, 3.8) is 0 Å². The van der Waals surface area contributed by atoms with Crippen LogP contribution in [0.25, 0.3) is 0 Å². The molecule has 0 atom stereocenters. The van der Waals surface area contributed by atoms with Crippen molar-refractivity contribution in [1.82, 2.24) is 0 Å². The van der Waals surface area contributed by atoms with Gasteiger partial charge in [-0.15, -0.1) is 0 Å². The highest BCUT2D eigenvalue weighted by atomic mass is 14.9. The topological polar surface area (TPSA) is 3.88 Å². The number of aromatic nitrogens is 1. The van der Waals surface area contributed by atoms with Crippen molar-refractivity contribution in [3.8, 4) is 0 Å². The third-order valence-electron chi connectivity index (χ3n) is 5.76. The molecule has 1 aromatic heterocycles. The number of pyridine rings is 1. The highest BCUT2D eigenvalue weighted by Crippen LogP contribution is 2.13. The summed E-state index contributed by atoms with van der Waals surface area (Å²) in [7, 11) is 0. The molecule has 0 saturated heterocycles. The van der Waals surface area contributed by atoms with Crippen LogP contribution >= 0.6 is 0 Å². The second-order valence-electron chi connectivity index (χ2n) is 8.50. The molecule has 156 valence electrons. The zero-order valence-electron chi connectivity index (χ0n) is 18.7. The molecule has 1 heterocycles. The van der Waals surface area contributed by atoms with E-state index in [9.17, 15) is 0 Å². The van der Waals surface area contributed by atoms with E-state index in [1.165, 1.54) is 128 Å². The van der Waals surface area contributed by atoms with Gasteiger partial charge in [-0.2, -0.15) is 0 Å². The van der Waals surface area contributed by atoms with E-state index in [0.29, 0.717) is 0 Å². The predicted octanol–water partition coefficient (Wildman–Crippen LogP) is 8.19. The molecule has 0 N–H and O–H groups in total. The fourth-order valence-electron chi connectivity index (χ4n) is 3.93. The van der Waals surface area contributed by atoms with Gasteiger partial charge in [-0.1, -0.05) is 104 Å². The maximum Gasteiger partial charge on any atom is 0.171 e. The first-order valence-electron chi connectivity index (χ1n) is 12.3. The molecule has 1 nitrogen and oxygen atoms in total. The van der Waals surface area contributed by atoms with Crippen LogP contribution in [0.1, 0.15) is 129 Å². The van der Waals surface area contributed by atoms with Crippen molar-refractivity contribution < 1.29 is 4.57 Å². The summed E-state index contributed by atoms with van der Waals surface area (Å²) in [5, 5.41) is 0. The lowest BCUT2D eigenvalue weighted by atomic mass is 10.0. The van der Waals surface area contributed by atoms with Crippen LogP contribution in [-0.4, -0.2) is 0 Å². The molecule has 0 aliphatic carbocycles. The minimum Gasteiger partial charge on any atom is -0.205 e. The van der Waals surface area contributed by atoms with Crippen LogP contribution in [0.15, 0.2) is 24.5 Å². The summed E-state index contributed by atoms with van der Waals surface area (Å²) in [6.07, 6.45) is 30.0. The van der Waals surface area contributed by atoms with Crippen molar-refractivity contribution in [2.24, 2.45) is 0 Å². The summed E-state index contributed by atoms with van der Waals surface area (Å²) in [5.41, 5.74) is 1.51. The minimum atomic E-state index is 1.19. The first-order chi connectivity index (χ1) is 13.4. The van der Waals surface area contributed by atoms with Gasteiger partial charge in [0.2, 0.25) is 0 Å². The molecule has 1 aromatic rings. The van der Waals surface area contributed by atoms with Gasteiger partial charge in [-0.05, 0) is 25.3 Å². The van der Waals surface area contributed by atoms with E-state index < -0.39 is 0 Å². The molecular weight excluding hydrogens is 326 g/mol. The van der Waals surface area contributed by atoms with Crippen LogP contribution in [0.2, 0.25) is 0 Å². The van der Waals surface area contributed by atoms with Gasteiger partial charge in [-0.3, -0.25) is 0 Å². The number of nitrogens with zero attached hydrogens (tertiary/aromatic N) is 1. The molecule has 0 unspecified atom stereocenters. The molecule has 1 heteroatoms. The van der Waals surface area contributed by atoms with E-state index in [-0.39, 0.29) is 0 Å². The summed E-state index contributed by atoms with van der Waals surface area (Å²) in [4.78, 5) is 0. The SMILES string of the molecule is CCCCCCCCCCCCCCCC[n+]1cccc(CCCCC)c1. The lowest BCUT2D eigenvalue weighted by Gasteiger charge is -2.03. The first-order valence-corrected chi connectivity index (χ1v) is 12.3. The third-order valence-corrected chi connectivity index (χ3v) is 5.76. The van der Waals surface area contributed by atoms with Gasteiger partial charge in [0.15, 0.2) is 12.4 Å². The highest BCUT2D eigenvalue weighted by Gasteiger charge is 2.03. The Hall–Kier alpha value is -0.850. The standard InChI is InChI=1S/C26H48N/c1-3-5-7-8-9-10-11-12-13-14-15-16-17-19-23-27-24-20-22-26(25-27)21-18-6-4-2/h20,22,24-25H,3-19,21,23H2,1-2H3/q+1. The van der Waals surface area contributed by atoms with Gasteiger partial charge in [0.05, 0.1) is 0 Å². The van der Waals surface area contributed by atoms with Crippen molar-refractivity contribution in [2.75, 3.05) is 0 Å². The summed E-state index contributed by atoms with van der Waals surface area (Å²) in [6, 6.07) is 4.52. The van der Waals surface area contributed by atoms with Crippen LogP contribution in [0, 0.1) is 0 Å². The first kappa shape index (κ1) is 24.2. The molecule has 0 bridgehead atoms. The third kappa shape index (κ3) is 14.8. The molecule has 27 heavy (non-hydrogen) atoms. The number of rotatable bonds is 19. The second kappa shape index (κ2) is 18.5. The fraction of sp³-hybridized carbons (Fsp3) is 0.808. The Labute approximate surface area is 171 Å². The fourth-order valence-corrected chi connectivity index (χ4v) is 3.93. The van der Waals surface area contributed by atoms with Crippen LogP contribution in [0.4, 0.5) is 0 Å². The Morgan fingerprint density at radius 2 is 1.07 bits per heavy atom. The quantitative estimate of drug-likeness (QED) is 0.170. The Bertz CT molecular complexity index is 426.